The van der Waals surface area contributed by atoms with E-state index < -0.39 is 0 Å². The van der Waals surface area contributed by atoms with E-state index in [4.69, 9.17) is 17.3 Å². The monoisotopic (exact) mass is 218 g/mol. The lowest BCUT2D eigenvalue weighted by Gasteiger charge is -2.07. The molecule has 0 amide bonds. The van der Waals surface area contributed by atoms with Gasteiger partial charge in [-0.2, -0.15) is 0 Å². The number of benzene rings is 2. The predicted molar refractivity (Wildman–Crippen MR) is 65.6 cm³/mol. The standard InChI is InChI=1S/C12H11ClN2/c13-11-3-1-2-4-12(11)15-10-7-5-9(14)6-8-10/h1-8,15H,14H2. The van der Waals surface area contributed by atoms with Crippen molar-refractivity contribution in [2.45, 2.75) is 0 Å². The van der Waals surface area contributed by atoms with Crippen molar-refractivity contribution in [3.63, 3.8) is 0 Å². The highest BCUT2D eigenvalue weighted by atomic mass is 35.5. The molecule has 2 aromatic carbocycles. The van der Waals surface area contributed by atoms with Crippen LogP contribution in [0.2, 0.25) is 5.02 Å². The van der Waals surface area contributed by atoms with Gasteiger partial charge < -0.3 is 11.1 Å². The molecule has 0 fully saturated rings. The Morgan fingerprint density at radius 1 is 0.933 bits per heavy atom. The minimum absolute atomic E-state index is 0.703. The summed E-state index contributed by atoms with van der Waals surface area (Å²) >= 11 is 6.02. The Morgan fingerprint density at radius 2 is 1.60 bits per heavy atom. The molecule has 76 valence electrons. The first-order valence-electron chi connectivity index (χ1n) is 4.63. The Morgan fingerprint density at radius 3 is 2.27 bits per heavy atom. The number of nitrogen functional groups attached to an aromatic ring is 1. The maximum absolute atomic E-state index is 6.02. The topological polar surface area (TPSA) is 38.0 Å². The van der Waals surface area contributed by atoms with Crippen LogP contribution in [0, 0.1) is 0 Å². The summed E-state index contributed by atoms with van der Waals surface area (Å²) in [5.41, 5.74) is 8.21. The van der Waals surface area contributed by atoms with Crippen LogP contribution in [0.5, 0.6) is 0 Å². The third kappa shape index (κ3) is 2.42. The molecule has 3 heteroatoms. The van der Waals surface area contributed by atoms with Crippen LogP contribution in [-0.4, -0.2) is 0 Å². The molecule has 0 spiro atoms. The molecule has 0 bridgehead atoms. The summed E-state index contributed by atoms with van der Waals surface area (Å²) in [6.45, 7) is 0. The third-order valence-electron chi connectivity index (χ3n) is 2.06. The van der Waals surface area contributed by atoms with Crippen LogP contribution < -0.4 is 11.1 Å². The van der Waals surface area contributed by atoms with Gasteiger partial charge in [-0.15, -0.1) is 0 Å². The van der Waals surface area contributed by atoms with E-state index in [9.17, 15) is 0 Å². The molecule has 0 aliphatic rings. The average molecular weight is 219 g/mol. The van der Waals surface area contributed by atoms with Crippen molar-refractivity contribution in [2.24, 2.45) is 0 Å². The Balaban J connectivity index is 2.22. The molecule has 0 saturated carbocycles. The highest BCUT2D eigenvalue weighted by molar-refractivity contribution is 6.33. The van der Waals surface area contributed by atoms with Crippen molar-refractivity contribution in [3.8, 4) is 0 Å². The van der Waals surface area contributed by atoms with Crippen LogP contribution in [0.25, 0.3) is 0 Å². The van der Waals surface area contributed by atoms with Crippen molar-refractivity contribution in [1.82, 2.24) is 0 Å². The zero-order valence-corrected chi connectivity index (χ0v) is 8.83. The summed E-state index contributed by atoms with van der Waals surface area (Å²) in [4.78, 5) is 0. The Labute approximate surface area is 93.7 Å². The number of rotatable bonds is 2. The first kappa shape index (κ1) is 9.87. The smallest absolute Gasteiger partial charge is 0.0640 e. The molecule has 0 heterocycles. The highest BCUT2D eigenvalue weighted by Crippen LogP contribution is 2.24. The first-order chi connectivity index (χ1) is 7.25. The van der Waals surface area contributed by atoms with Gasteiger partial charge in [0.05, 0.1) is 10.7 Å². The molecule has 2 rings (SSSR count). The first-order valence-corrected chi connectivity index (χ1v) is 5.00. The number of anilines is 3. The predicted octanol–water partition coefficient (Wildman–Crippen LogP) is 3.67. The molecule has 0 aromatic heterocycles. The van der Waals surface area contributed by atoms with Crippen molar-refractivity contribution in [3.05, 3.63) is 53.6 Å². The van der Waals surface area contributed by atoms with Gasteiger partial charge in [0.2, 0.25) is 0 Å². The fraction of sp³-hybridized carbons (Fsp3) is 0. The van der Waals surface area contributed by atoms with Crippen LogP contribution >= 0.6 is 11.6 Å². The third-order valence-corrected chi connectivity index (χ3v) is 2.39. The number of hydrogen-bond acceptors (Lipinski definition) is 2. The molecule has 15 heavy (non-hydrogen) atoms. The Hall–Kier alpha value is -1.67. The summed E-state index contributed by atoms with van der Waals surface area (Å²) in [6.07, 6.45) is 0. The van der Waals surface area contributed by atoms with Crippen LogP contribution in [-0.2, 0) is 0 Å². The Kier molecular flexibility index (Phi) is 2.79. The number of nitrogens with one attached hydrogen (secondary N) is 1. The van der Waals surface area contributed by atoms with Gasteiger partial charge in [-0.25, -0.2) is 0 Å². The van der Waals surface area contributed by atoms with Gasteiger partial charge in [-0.1, -0.05) is 23.7 Å². The van der Waals surface area contributed by atoms with E-state index in [1.54, 1.807) is 0 Å². The molecule has 0 aliphatic heterocycles. The van der Waals surface area contributed by atoms with Crippen molar-refractivity contribution in [2.75, 3.05) is 11.1 Å². The summed E-state index contributed by atoms with van der Waals surface area (Å²) in [6, 6.07) is 15.1. The highest BCUT2D eigenvalue weighted by Gasteiger charge is 1.98. The van der Waals surface area contributed by atoms with Gasteiger partial charge in [0.25, 0.3) is 0 Å². The van der Waals surface area contributed by atoms with Crippen LogP contribution in [0.4, 0.5) is 17.1 Å². The van der Waals surface area contributed by atoms with Gasteiger partial charge in [0.15, 0.2) is 0 Å². The van der Waals surface area contributed by atoms with Gasteiger partial charge in [0, 0.05) is 11.4 Å². The molecule has 0 unspecified atom stereocenters. The fourth-order valence-corrected chi connectivity index (χ4v) is 1.47. The van der Waals surface area contributed by atoms with Gasteiger partial charge in [-0.05, 0) is 36.4 Å². The molecular weight excluding hydrogens is 208 g/mol. The van der Waals surface area contributed by atoms with Gasteiger partial charge >= 0.3 is 0 Å². The zero-order chi connectivity index (χ0) is 10.7. The van der Waals surface area contributed by atoms with Crippen LogP contribution in [0.15, 0.2) is 48.5 Å². The van der Waals surface area contributed by atoms with E-state index in [1.807, 2.05) is 48.5 Å². The summed E-state index contributed by atoms with van der Waals surface area (Å²) in [5, 5.41) is 3.91. The number of para-hydroxylation sites is 1. The summed E-state index contributed by atoms with van der Waals surface area (Å²) in [5.74, 6) is 0. The Bertz CT molecular complexity index is 451. The number of hydrogen-bond donors (Lipinski definition) is 2. The molecule has 0 radical (unpaired) electrons. The molecule has 2 nitrogen and oxygen atoms in total. The second-order valence-corrected chi connectivity index (χ2v) is 3.63. The molecule has 0 aliphatic carbocycles. The lowest BCUT2D eigenvalue weighted by atomic mass is 10.2. The number of halogens is 1. The van der Waals surface area contributed by atoms with Crippen LogP contribution in [0.1, 0.15) is 0 Å². The maximum Gasteiger partial charge on any atom is 0.0640 e. The summed E-state index contributed by atoms with van der Waals surface area (Å²) < 4.78 is 0. The van der Waals surface area contributed by atoms with Crippen molar-refractivity contribution < 1.29 is 0 Å². The van der Waals surface area contributed by atoms with Crippen molar-refractivity contribution in [1.29, 1.82) is 0 Å². The zero-order valence-electron chi connectivity index (χ0n) is 8.07. The van der Waals surface area contributed by atoms with E-state index in [0.717, 1.165) is 17.1 Å². The minimum Gasteiger partial charge on any atom is -0.399 e. The van der Waals surface area contributed by atoms with E-state index in [-0.39, 0.29) is 0 Å². The molecule has 0 atom stereocenters. The second kappa shape index (κ2) is 4.24. The lowest BCUT2D eigenvalue weighted by Crippen LogP contribution is -1.91. The van der Waals surface area contributed by atoms with E-state index in [2.05, 4.69) is 5.32 Å². The van der Waals surface area contributed by atoms with E-state index in [1.165, 1.54) is 0 Å². The number of nitrogens with two attached hydrogens (primary N) is 1. The minimum atomic E-state index is 0.703. The van der Waals surface area contributed by atoms with Crippen molar-refractivity contribution >= 4 is 28.7 Å². The van der Waals surface area contributed by atoms with Crippen LogP contribution in [0.3, 0.4) is 0 Å². The van der Waals surface area contributed by atoms with E-state index >= 15 is 0 Å². The SMILES string of the molecule is Nc1ccc(Nc2ccccc2Cl)cc1. The fourth-order valence-electron chi connectivity index (χ4n) is 1.28. The largest absolute Gasteiger partial charge is 0.399 e. The average Bonchev–Trinajstić information content (AvgIpc) is 2.25. The normalized spacial score (nSPS) is 9.93. The lowest BCUT2D eigenvalue weighted by molar-refractivity contribution is 1.55. The molecule has 0 saturated heterocycles. The molecule has 3 N–H and O–H groups in total. The van der Waals surface area contributed by atoms with Gasteiger partial charge in [0.1, 0.15) is 0 Å². The molecular formula is C12H11ClN2. The maximum atomic E-state index is 6.02. The summed E-state index contributed by atoms with van der Waals surface area (Å²) in [7, 11) is 0. The van der Waals surface area contributed by atoms with Gasteiger partial charge in [-0.3, -0.25) is 0 Å². The van der Waals surface area contributed by atoms with E-state index in [0.29, 0.717) is 5.02 Å². The quantitative estimate of drug-likeness (QED) is 0.755. The molecule has 2 aromatic rings. The second-order valence-electron chi connectivity index (χ2n) is 3.23.